The van der Waals surface area contributed by atoms with E-state index < -0.39 is 22.3 Å². The number of hydrogen-bond acceptors (Lipinski definition) is 5. The van der Waals surface area contributed by atoms with Crippen molar-refractivity contribution >= 4 is 11.6 Å². The lowest BCUT2D eigenvalue weighted by Gasteiger charge is -2.38. The van der Waals surface area contributed by atoms with Gasteiger partial charge in [-0.25, -0.2) is 4.39 Å². The lowest BCUT2D eigenvalue weighted by atomic mass is 9.98. The first-order chi connectivity index (χ1) is 10.5. The van der Waals surface area contributed by atoms with E-state index in [4.69, 9.17) is 10.5 Å². The molecule has 2 atom stereocenters. The zero-order valence-corrected chi connectivity index (χ0v) is 12.2. The van der Waals surface area contributed by atoms with E-state index in [9.17, 15) is 19.3 Å². The van der Waals surface area contributed by atoms with Gasteiger partial charge in [0.25, 0.3) is 11.6 Å². The van der Waals surface area contributed by atoms with Crippen molar-refractivity contribution in [3.8, 4) is 0 Å². The Balaban J connectivity index is 2.31. The molecule has 0 aromatic heterocycles. The fraction of sp³-hybridized carbons (Fsp3) is 0.500. The first-order valence-corrected chi connectivity index (χ1v) is 6.95. The highest BCUT2D eigenvalue weighted by Gasteiger charge is 2.34. The van der Waals surface area contributed by atoms with Crippen molar-refractivity contribution in [1.82, 2.24) is 4.90 Å². The molecular weight excluding hydrogens is 293 g/mol. The van der Waals surface area contributed by atoms with Crippen molar-refractivity contribution in [2.24, 2.45) is 5.73 Å². The SMILES string of the molecule is COC1CCN(C(=O)c2cc(F)ccc2[N+](=O)[O-])C(CN)C1. The van der Waals surface area contributed by atoms with Crippen LogP contribution in [0.3, 0.4) is 0 Å². The lowest BCUT2D eigenvalue weighted by Crippen LogP contribution is -2.51. The number of carbonyl (C=O) groups excluding carboxylic acids is 1. The molecule has 1 fully saturated rings. The van der Waals surface area contributed by atoms with Crippen LogP contribution < -0.4 is 5.73 Å². The normalized spacial score (nSPS) is 21.7. The molecule has 1 aromatic carbocycles. The van der Waals surface area contributed by atoms with Crippen molar-refractivity contribution < 1.29 is 18.8 Å². The number of amides is 1. The van der Waals surface area contributed by atoms with Crippen molar-refractivity contribution in [1.29, 1.82) is 0 Å². The van der Waals surface area contributed by atoms with Gasteiger partial charge in [-0.15, -0.1) is 0 Å². The zero-order chi connectivity index (χ0) is 16.3. The molecule has 2 unspecified atom stereocenters. The summed E-state index contributed by atoms with van der Waals surface area (Å²) < 4.78 is 18.7. The molecule has 0 aliphatic carbocycles. The number of nitrogens with two attached hydrogens (primary N) is 1. The number of nitrogens with zero attached hydrogens (tertiary/aromatic N) is 2. The number of halogens is 1. The van der Waals surface area contributed by atoms with Crippen molar-refractivity contribution in [2.75, 3.05) is 20.2 Å². The van der Waals surface area contributed by atoms with Gasteiger partial charge in [-0.05, 0) is 25.0 Å². The maximum Gasteiger partial charge on any atom is 0.282 e. The van der Waals surface area contributed by atoms with Crippen molar-refractivity contribution in [3.05, 3.63) is 39.7 Å². The average Bonchev–Trinajstić information content (AvgIpc) is 2.53. The quantitative estimate of drug-likeness (QED) is 0.667. The molecule has 1 saturated heterocycles. The Bertz CT molecular complexity index is 581. The molecule has 1 heterocycles. The number of rotatable bonds is 4. The lowest BCUT2D eigenvalue weighted by molar-refractivity contribution is -0.385. The molecule has 8 heteroatoms. The number of nitro groups is 1. The van der Waals surface area contributed by atoms with Gasteiger partial charge in [-0.2, -0.15) is 0 Å². The van der Waals surface area contributed by atoms with Crippen LogP contribution in [0.5, 0.6) is 0 Å². The molecule has 1 aromatic rings. The van der Waals surface area contributed by atoms with Crippen LogP contribution in [0.2, 0.25) is 0 Å². The van der Waals surface area contributed by atoms with Crippen LogP contribution in [0.1, 0.15) is 23.2 Å². The van der Waals surface area contributed by atoms with E-state index in [1.54, 1.807) is 7.11 Å². The fourth-order valence-electron chi connectivity index (χ4n) is 2.71. The third-order valence-electron chi connectivity index (χ3n) is 3.92. The third kappa shape index (κ3) is 3.23. The first-order valence-electron chi connectivity index (χ1n) is 6.95. The molecule has 1 aliphatic heterocycles. The molecule has 7 nitrogen and oxygen atoms in total. The van der Waals surface area contributed by atoms with Gasteiger partial charge in [0, 0.05) is 32.3 Å². The van der Waals surface area contributed by atoms with E-state index in [1.807, 2.05) is 0 Å². The molecule has 0 radical (unpaired) electrons. The van der Waals surface area contributed by atoms with Crippen molar-refractivity contribution in [2.45, 2.75) is 25.0 Å². The minimum atomic E-state index is -0.690. The Labute approximate surface area is 127 Å². The topological polar surface area (TPSA) is 98.7 Å². The summed E-state index contributed by atoms with van der Waals surface area (Å²) in [6, 6.07) is 2.58. The van der Waals surface area contributed by atoms with Gasteiger partial charge in [-0.3, -0.25) is 14.9 Å². The summed E-state index contributed by atoms with van der Waals surface area (Å²) in [7, 11) is 1.59. The summed E-state index contributed by atoms with van der Waals surface area (Å²) in [6.07, 6.45) is 1.17. The van der Waals surface area contributed by atoms with Gasteiger partial charge in [-0.1, -0.05) is 0 Å². The Morgan fingerprint density at radius 2 is 2.32 bits per heavy atom. The molecule has 2 N–H and O–H groups in total. The first kappa shape index (κ1) is 16.3. The Hall–Kier alpha value is -2.06. The average molecular weight is 311 g/mol. The van der Waals surface area contributed by atoms with Gasteiger partial charge in [0.05, 0.1) is 11.0 Å². The second-order valence-corrected chi connectivity index (χ2v) is 5.19. The molecule has 0 spiro atoms. The maximum absolute atomic E-state index is 13.4. The number of benzene rings is 1. The number of hydrogen-bond donors (Lipinski definition) is 1. The highest BCUT2D eigenvalue weighted by molar-refractivity contribution is 5.98. The number of ether oxygens (including phenoxy) is 1. The van der Waals surface area contributed by atoms with Gasteiger partial charge >= 0.3 is 0 Å². The van der Waals surface area contributed by atoms with Gasteiger partial charge < -0.3 is 15.4 Å². The number of piperidine rings is 1. The smallest absolute Gasteiger partial charge is 0.282 e. The van der Waals surface area contributed by atoms with E-state index >= 15 is 0 Å². The molecular formula is C14H18FN3O4. The summed E-state index contributed by atoms with van der Waals surface area (Å²) in [5.74, 6) is -1.26. The molecule has 120 valence electrons. The summed E-state index contributed by atoms with van der Waals surface area (Å²) in [5, 5.41) is 11.0. The molecule has 2 rings (SSSR count). The van der Waals surface area contributed by atoms with Gasteiger partial charge in [0.2, 0.25) is 0 Å². The molecule has 0 saturated carbocycles. The fourth-order valence-corrected chi connectivity index (χ4v) is 2.71. The Morgan fingerprint density at radius 3 is 2.91 bits per heavy atom. The Kier molecular flexibility index (Phi) is 5.04. The predicted molar refractivity (Wildman–Crippen MR) is 77.0 cm³/mol. The van der Waals surface area contributed by atoms with Crippen LogP contribution in [0.25, 0.3) is 0 Å². The van der Waals surface area contributed by atoms with E-state index in [-0.39, 0.29) is 24.3 Å². The van der Waals surface area contributed by atoms with E-state index in [2.05, 4.69) is 0 Å². The second kappa shape index (κ2) is 6.80. The highest BCUT2D eigenvalue weighted by atomic mass is 19.1. The molecule has 22 heavy (non-hydrogen) atoms. The summed E-state index contributed by atoms with van der Waals surface area (Å²) in [5.41, 5.74) is 5.04. The summed E-state index contributed by atoms with van der Waals surface area (Å²) in [6.45, 7) is 0.585. The van der Waals surface area contributed by atoms with E-state index in [1.165, 1.54) is 4.90 Å². The Morgan fingerprint density at radius 1 is 1.59 bits per heavy atom. The van der Waals surface area contributed by atoms with Gasteiger partial charge in [0.15, 0.2) is 0 Å². The van der Waals surface area contributed by atoms with Crippen molar-refractivity contribution in [3.63, 3.8) is 0 Å². The third-order valence-corrected chi connectivity index (χ3v) is 3.92. The van der Waals surface area contributed by atoms with Gasteiger partial charge in [0.1, 0.15) is 11.4 Å². The second-order valence-electron chi connectivity index (χ2n) is 5.19. The van der Waals surface area contributed by atoms with Crippen LogP contribution in [0.15, 0.2) is 18.2 Å². The minimum Gasteiger partial charge on any atom is -0.381 e. The summed E-state index contributed by atoms with van der Waals surface area (Å²) in [4.78, 5) is 24.4. The molecule has 0 bridgehead atoms. The zero-order valence-electron chi connectivity index (χ0n) is 12.2. The van der Waals surface area contributed by atoms with Crippen LogP contribution in [-0.4, -0.2) is 48.1 Å². The van der Waals surface area contributed by atoms with E-state index in [0.717, 1.165) is 18.2 Å². The number of carbonyl (C=O) groups is 1. The molecule has 1 amide bonds. The van der Waals surface area contributed by atoms with E-state index in [0.29, 0.717) is 19.4 Å². The van der Waals surface area contributed by atoms with Crippen LogP contribution in [-0.2, 0) is 4.74 Å². The summed E-state index contributed by atoms with van der Waals surface area (Å²) >= 11 is 0. The number of nitro benzene ring substituents is 1. The van der Waals surface area contributed by atoms with Crippen LogP contribution in [0.4, 0.5) is 10.1 Å². The monoisotopic (exact) mass is 311 g/mol. The largest absolute Gasteiger partial charge is 0.381 e. The number of methoxy groups -OCH3 is 1. The highest BCUT2D eigenvalue weighted by Crippen LogP contribution is 2.26. The standard InChI is InChI=1S/C14H18FN3O4/c1-22-11-4-5-17(10(7-11)8-16)14(19)12-6-9(15)2-3-13(12)18(20)21/h2-3,6,10-11H,4-5,7-8,16H2,1H3. The molecule has 1 aliphatic rings. The minimum absolute atomic E-state index is 0.0000882. The van der Waals surface area contributed by atoms with Crippen LogP contribution >= 0.6 is 0 Å². The maximum atomic E-state index is 13.4. The predicted octanol–water partition coefficient (Wildman–Crippen LogP) is 1.31. The number of likely N-dealkylation sites (tertiary alicyclic amines) is 1. The van der Waals surface area contributed by atoms with Crippen LogP contribution in [0, 0.1) is 15.9 Å².